The number of carbonyl (C=O) groups is 2. The maximum absolute atomic E-state index is 12.6. The Morgan fingerprint density at radius 3 is 2.74 bits per heavy atom. The zero-order chi connectivity index (χ0) is 19.6. The Balaban J connectivity index is 1.82. The van der Waals surface area contributed by atoms with Gasteiger partial charge in [0.05, 0.1) is 12.2 Å². The van der Waals surface area contributed by atoms with Crippen molar-refractivity contribution in [2.75, 3.05) is 54.5 Å². The molecule has 0 aromatic carbocycles. The van der Waals surface area contributed by atoms with E-state index in [0.717, 1.165) is 12.2 Å². The van der Waals surface area contributed by atoms with Crippen LogP contribution in [0, 0.1) is 0 Å². The van der Waals surface area contributed by atoms with Gasteiger partial charge in [-0.15, -0.1) is 10.2 Å². The molecular weight excluding hydrogens is 348 g/mol. The highest BCUT2D eigenvalue weighted by Crippen LogP contribution is 2.27. The first-order chi connectivity index (χ1) is 12.9. The molecule has 0 bridgehead atoms. The highest BCUT2D eigenvalue weighted by molar-refractivity contribution is 5.94. The standard InChI is InChI=1S/C18H26N6O3/c1-21(2)18(26)23-8-7-13(11-23)16-20-19-15-6-5-14(12-24(15)16)17(25)22(3)9-10-27-4/h5-6,12-13H,7-11H2,1-4H3/t13-/m0/s1. The van der Waals surface area contributed by atoms with Gasteiger partial charge in [-0.25, -0.2) is 4.79 Å². The van der Waals surface area contributed by atoms with Crippen LogP contribution in [-0.2, 0) is 4.74 Å². The van der Waals surface area contributed by atoms with E-state index in [1.54, 1.807) is 56.4 Å². The minimum absolute atomic E-state index is 0.00181. The van der Waals surface area contributed by atoms with Gasteiger partial charge in [0.2, 0.25) is 0 Å². The Labute approximate surface area is 158 Å². The summed E-state index contributed by atoms with van der Waals surface area (Å²) in [6.07, 6.45) is 2.61. The molecule has 146 valence electrons. The van der Waals surface area contributed by atoms with Gasteiger partial charge >= 0.3 is 6.03 Å². The second-order valence-corrected chi connectivity index (χ2v) is 7.03. The van der Waals surface area contributed by atoms with Crippen LogP contribution in [0.25, 0.3) is 5.65 Å². The van der Waals surface area contributed by atoms with Crippen molar-refractivity contribution in [1.82, 2.24) is 29.3 Å². The van der Waals surface area contributed by atoms with Crippen molar-refractivity contribution >= 4 is 17.6 Å². The lowest BCUT2D eigenvalue weighted by Crippen LogP contribution is -2.37. The number of nitrogens with zero attached hydrogens (tertiary/aromatic N) is 6. The number of rotatable bonds is 5. The van der Waals surface area contributed by atoms with Gasteiger partial charge in [0.1, 0.15) is 5.82 Å². The highest BCUT2D eigenvalue weighted by Gasteiger charge is 2.31. The Morgan fingerprint density at radius 1 is 1.26 bits per heavy atom. The number of urea groups is 1. The summed E-state index contributed by atoms with van der Waals surface area (Å²) in [6, 6.07) is 3.56. The molecule has 1 aliphatic heterocycles. The topological polar surface area (TPSA) is 83.3 Å². The molecule has 1 aliphatic rings. The second kappa shape index (κ2) is 7.91. The van der Waals surface area contributed by atoms with Crippen LogP contribution in [0.5, 0.6) is 0 Å². The average Bonchev–Trinajstić information content (AvgIpc) is 3.30. The molecule has 1 atom stereocenters. The van der Waals surface area contributed by atoms with Gasteiger partial charge in [-0.3, -0.25) is 9.20 Å². The monoisotopic (exact) mass is 374 g/mol. The van der Waals surface area contributed by atoms with Crippen molar-refractivity contribution in [3.8, 4) is 0 Å². The number of pyridine rings is 1. The van der Waals surface area contributed by atoms with E-state index in [-0.39, 0.29) is 17.9 Å². The molecule has 2 aromatic heterocycles. The van der Waals surface area contributed by atoms with Gasteiger partial charge in [-0.05, 0) is 18.6 Å². The molecule has 1 fully saturated rings. The number of aromatic nitrogens is 3. The zero-order valence-electron chi connectivity index (χ0n) is 16.3. The van der Waals surface area contributed by atoms with Gasteiger partial charge in [-0.1, -0.05) is 0 Å². The maximum Gasteiger partial charge on any atom is 0.319 e. The molecule has 0 spiro atoms. The summed E-state index contributed by atoms with van der Waals surface area (Å²) in [5.41, 5.74) is 1.26. The van der Waals surface area contributed by atoms with Crippen molar-refractivity contribution in [1.29, 1.82) is 0 Å². The summed E-state index contributed by atoms with van der Waals surface area (Å²) in [6.45, 7) is 2.30. The van der Waals surface area contributed by atoms with Crippen LogP contribution in [-0.4, -0.2) is 95.7 Å². The first kappa shape index (κ1) is 19.1. The lowest BCUT2D eigenvalue weighted by molar-refractivity contribution is 0.0743. The van der Waals surface area contributed by atoms with Crippen LogP contribution >= 0.6 is 0 Å². The molecule has 0 N–H and O–H groups in total. The number of ether oxygens (including phenoxy) is 1. The van der Waals surface area contributed by atoms with Crippen LogP contribution in [0.15, 0.2) is 18.3 Å². The molecule has 9 nitrogen and oxygen atoms in total. The Kier molecular flexibility index (Phi) is 5.59. The van der Waals surface area contributed by atoms with Crippen molar-refractivity contribution in [2.45, 2.75) is 12.3 Å². The second-order valence-electron chi connectivity index (χ2n) is 7.03. The third-order valence-corrected chi connectivity index (χ3v) is 4.86. The van der Waals surface area contributed by atoms with E-state index in [0.29, 0.717) is 37.5 Å². The van der Waals surface area contributed by atoms with Crippen molar-refractivity contribution in [3.63, 3.8) is 0 Å². The molecule has 3 rings (SSSR count). The number of fused-ring (bicyclic) bond motifs is 1. The number of methoxy groups -OCH3 is 1. The maximum atomic E-state index is 12.6. The Hall–Kier alpha value is -2.68. The molecule has 0 radical (unpaired) electrons. The fourth-order valence-corrected chi connectivity index (χ4v) is 3.29. The van der Waals surface area contributed by atoms with Gasteiger partial charge in [-0.2, -0.15) is 0 Å². The van der Waals surface area contributed by atoms with Crippen molar-refractivity contribution in [3.05, 3.63) is 29.7 Å². The number of likely N-dealkylation sites (tertiary alicyclic amines) is 1. The predicted octanol–water partition coefficient (Wildman–Crippen LogP) is 0.919. The Morgan fingerprint density at radius 2 is 2.04 bits per heavy atom. The molecule has 9 heteroatoms. The number of carbonyl (C=O) groups excluding carboxylic acids is 2. The molecule has 2 aromatic rings. The molecule has 0 unspecified atom stereocenters. The third-order valence-electron chi connectivity index (χ3n) is 4.86. The van der Waals surface area contributed by atoms with E-state index in [1.807, 2.05) is 9.30 Å². The van der Waals surface area contributed by atoms with Crippen LogP contribution in [0.1, 0.15) is 28.5 Å². The lowest BCUT2D eigenvalue weighted by Gasteiger charge is -2.21. The van der Waals surface area contributed by atoms with E-state index >= 15 is 0 Å². The van der Waals surface area contributed by atoms with Gasteiger partial charge in [0.25, 0.3) is 5.91 Å². The average molecular weight is 374 g/mol. The van der Waals surface area contributed by atoms with E-state index in [9.17, 15) is 9.59 Å². The first-order valence-corrected chi connectivity index (χ1v) is 8.97. The molecule has 0 aliphatic carbocycles. The normalized spacial score (nSPS) is 16.7. The van der Waals surface area contributed by atoms with E-state index < -0.39 is 0 Å². The SMILES string of the molecule is COCCN(C)C(=O)c1ccc2nnc([C@H]3CCN(C(=O)N(C)C)C3)n2c1. The number of hydrogen-bond acceptors (Lipinski definition) is 5. The molecule has 3 amide bonds. The fraction of sp³-hybridized carbons (Fsp3) is 0.556. The van der Waals surface area contributed by atoms with E-state index in [4.69, 9.17) is 4.74 Å². The summed E-state index contributed by atoms with van der Waals surface area (Å²) in [5.74, 6) is 0.804. The van der Waals surface area contributed by atoms with Crippen LogP contribution in [0.3, 0.4) is 0 Å². The number of amides is 3. The molecular formula is C18H26N6O3. The molecule has 1 saturated heterocycles. The van der Waals surface area contributed by atoms with Crippen LogP contribution < -0.4 is 0 Å². The van der Waals surface area contributed by atoms with Crippen molar-refractivity contribution in [2.24, 2.45) is 0 Å². The predicted molar refractivity (Wildman–Crippen MR) is 99.8 cm³/mol. The molecule has 0 saturated carbocycles. The summed E-state index contributed by atoms with van der Waals surface area (Å²) in [5, 5.41) is 8.54. The smallest absolute Gasteiger partial charge is 0.319 e. The van der Waals surface area contributed by atoms with Gasteiger partial charge < -0.3 is 19.4 Å². The summed E-state index contributed by atoms with van der Waals surface area (Å²) in [7, 11) is 6.86. The van der Waals surface area contributed by atoms with E-state index in [2.05, 4.69) is 10.2 Å². The highest BCUT2D eigenvalue weighted by atomic mass is 16.5. The minimum atomic E-state index is -0.0792. The van der Waals surface area contributed by atoms with Gasteiger partial charge in [0.15, 0.2) is 5.65 Å². The summed E-state index contributed by atoms with van der Waals surface area (Å²) < 4.78 is 6.90. The van der Waals surface area contributed by atoms with Crippen LogP contribution in [0.2, 0.25) is 0 Å². The minimum Gasteiger partial charge on any atom is -0.383 e. The number of hydrogen-bond donors (Lipinski definition) is 0. The quantitative estimate of drug-likeness (QED) is 0.777. The number of likely N-dealkylation sites (N-methyl/N-ethyl adjacent to an activating group) is 1. The van der Waals surface area contributed by atoms with Crippen molar-refractivity contribution < 1.29 is 14.3 Å². The van der Waals surface area contributed by atoms with Crippen LogP contribution in [0.4, 0.5) is 4.79 Å². The fourth-order valence-electron chi connectivity index (χ4n) is 3.29. The zero-order valence-corrected chi connectivity index (χ0v) is 16.3. The Bertz CT molecular complexity index is 834. The summed E-state index contributed by atoms with van der Waals surface area (Å²) in [4.78, 5) is 29.8. The third kappa shape index (κ3) is 3.87. The summed E-state index contributed by atoms with van der Waals surface area (Å²) >= 11 is 0. The molecule has 27 heavy (non-hydrogen) atoms. The molecule has 3 heterocycles. The largest absolute Gasteiger partial charge is 0.383 e. The van der Waals surface area contributed by atoms with Gasteiger partial charge in [0, 0.05) is 60.0 Å². The first-order valence-electron chi connectivity index (χ1n) is 8.97. The lowest BCUT2D eigenvalue weighted by atomic mass is 10.1. The van der Waals surface area contributed by atoms with E-state index in [1.165, 1.54) is 0 Å².